The van der Waals surface area contributed by atoms with E-state index < -0.39 is 0 Å². The number of amides is 2. The molecule has 0 aromatic heterocycles. The fourth-order valence-corrected chi connectivity index (χ4v) is 2.12. The van der Waals surface area contributed by atoms with E-state index in [-0.39, 0.29) is 18.4 Å². The first-order chi connectivity index (χ1) is 11.6. The second-order valence-electron chi connectivity index (χ2n) is 5.07. The molecule has 0 spiro atoms. The standard InChI is InChI=1S/C18H21N3O3/c1-3-19-18(23)13-6-4-7-14(10-13)20-12-17(22)21-15-8-5-9-16(11-15)24-2/h4-11,20H,3,12H2,1-2H3,(H,19,23)(H,21,22). The smallest absolute Gasteiger partial charge is 0.251 e. The van der Waals surface area contributed by atoms with E-state index in [9.17, 15) is 9.59 Å². The maximum Gasteiger partial charge on any atom is 0.251 e. The van der Waals surface area contributed by atoms with Crippen LogP contribution in [0.25, 0.3) is 0 Å². The summed E-state index contributed by atoms with van der Waals surface area (Å²) in [5.74, 6) is 0.351. The summed E-state index contributed by atoms with van der Waals surface area (Å²) in [7, 11) is 1.57. The van der Waals surface area contributed by atoms with Gasteiger partial charge in [-0.05, 0) is 37.3 Å². The third-order valence-corrected chi connectivity index (χ3v) is 3.27. The molecule has 6 heteroatoms. The van der Waals surface area contributed by atoms with Gasteiger partial charge < -0.3 is 20.7 Å². The van der Waals surface area contributed by atoms with Crippen LogP contribution in [0.15, 0.2) is 48.5 Å². The van der Waals surface area contributed by atoms with E-state index in [1.54, 1.807) is 49.6 Å². The highest BCUT2D eigenvalue weighted by molar-refractivity contribution is 5.96. The molecule has 0 fully saturated rings. The molecule has 0 aliphatic rings. The van der Waals surface area contributed by atoms with Gasteiger partial charge in [0.15, 0.2) is 0 Å². The maximum atomic E-state index is 12.0. The van der Waals surface area contributed by atoms with Gasteiger partial charge in [0.2, 0.25) is 5.91 Å². The molecule has 6 nitrogen and oxygen atoms in total. The normalized spacial score (nSPS) is 9.92. The number of nitrogens with one attached hydrogen (secondary N) is 3. The van der Waals surface area contributed by atoms with Crippen LogP contribution in [0, 0.1) is 0 Å². The second kappa shape index (κ2) is 8.57. The molecule has 126 valence electrons. The van der Waals surface area contributed by atoms with Crippen molar-refractivity contribution in [1.82, 2.24) is 5.32 Å². The van der Waals surface area contributed by atoms with Gasteiger partial charge in [0.25, 0.3) is 5.91 Å². The molecule has 0 atom stereocenters. The molecule has 2 rings (SSSR count). The van der Waals surface area contributed by atoms with E-state index >= 15 is 0 Å². The highest BCUT2D eigenvalue weighted by Crippen LogP contribution is 2.16. The molecule has 0 saturated heterocycles. The lowest BCUT2D eigenvalue weighted by Crippen LogP contribution is -2.23. The van der Waals surface area contributed by atoms with Crippen molar-refractivity contribution >= 4 is 23.2 Å². The van der Waals surface area contributed by atoms with Crippen LogP contribution in [0.1, 0.15) is 17.3 Å². The number of carbonyl (C=O) groups excluding carboxylic acids is 2. The first kappa shape index (κ1) is 17.3. The topological polar surface area (TPSA) is 79.5 Å². The molecule has 0 heterocycles. The molecule has 3 N–H and O–H groups in total. The van der Waals surface area contributed by atoms with Crippen molar-refractivity contribution < 1.29 is 14.3 Å². The minimum absolute atomic E-state index is 0.0933. The summed E-state index contributed by atoms with van der Waals surface area (Å²) in [6.07, 6.45) is 0. The quantitative estimate of drug-likeness (QED) is 0.730. The van der Waals surface area contributed by atoms with Crippen molar-refractivity contribution in [2.45, 2.75) is 6.92 Å². The molecule has 2 aromatic carbocycles. The molecule has 2 aromatic rings. The summed E-state index contributed by atoms with van der Waals surface area (Å²) in [5.41, 5.74) is 1.92. The van der Waals surface area contributed by atoms with Crippen molar-refractivity contribution in [3.05, 3.63) is 54.1 Å². The molecular weight excluding hydrogens is 306 g/mol. The Kier molecular flexibility index (Phi) is 6.19. The minimum atomic E-state index is -0.188. The SMILES string of the molecule is CCNC(=O)c1cccc(NCC(=O)Nc2cccc(OC)c2)c1. The summed E-state index contributed by atoms with van der Waals surface area (Å²) in [6, 6.07) is 14.2. The molecule has 24 heavy (non-hydrogen) atoms. The Bertz CT molecular complexity index is 716. The molecule has 0 unspecified atom stereocenters. The van der Waals surface area contributed by atoms with Gasteiger partial charge in [-0.25, -0.2) is 0 Å². The van der Waals surface area contributed by atoms with Gasteiger partial charge in [0.1, 0.15) is 5.75 Å². The van der Waals surface area contributed by atoms with Gasteiger partial charge >= 0.3 is 0 Å². The van der Waals surface area contributed by atoms with Crippen molar-refractivity contribution in [3.63, 3.8) is 0 Å². The van der Waals surface area contributed by atoms with Crippen LogP contribution in [0.2, 0.25) is 0 Å². The van der Waals surface area contributed by atoms with Gasteiger partial charge in [-0.3, -0.25) is 9.59 Å². The van der Waals surface area contributed by atoms with E-state index in [0.717, 1.165) is 0 Å². The molecular formula is C18H21N3O3. The molecule has 0 saturated carbocycles. The van der Waals surface area contributed by atoms with Crippen LogP contribution in [0.5, 0.6) is 5.75 Å². The van der Waals surface area contributed by atoms with Crippen LogP contribution in [0.4, 0.5) is 11.4 Å². The average Bonchev–Trinajstić information content (AvgIpc) is 2.60. The minimum Gasteiger partial charge on any atom is -0.497 e. The Morgan fingerprint density at radius 1 is 1.04 bits per heavy atom. The lowest BCUT2D eigenvalue weighted by molar-refractivity contribution is -0.114. The molecule has 0 radical (unpaired) electrons. The van der Waals surface area contributed by atoms with Crippen molar-refractivity contribution in [3.8, 4) is 5.75 Å². The predicted molar refractivity (Wildman–Crippen MR) is 94.6 cm³/mol. The Morgan fingerprint density at radius 2 is 1.79 bits per heavy atom. The first-order valence-electron chi connectivity index (χ1n) is 7.68. The highest BCUT2D eigenvalue weighted by atomic mass is 16.5. The number of hydrogen-bond acceptors (Lipinski definition) is 4. The zero-order valence-electron chi connectivity index (χ0n) is 13.8. The Morgan fingerprint density at radius 3 is 2.54 bits per heavy atom. The number of methoxy groups -OCH3 is 1. The summed E-state index contributed by atoms with van der Waals surface area (Å²) in [4.78, 5) is 23.8. The predicted octanol–water partition coefficient (Wildman–Crippen LogP) is 2.50. The van der Waals surface area contributed by atoms with Crippen LogP contribution < -0.4 is 20.7 Å². The zero-order valence-corrected chi connectivity index (χ0v) is 13.8. The van der Waals surface area contributed by atoms with E-state index in [2.05, 4.69) is 16.0 Å². The number of anilines is 2. The van der Waals surface area contributed by atoms with Gasteiger partial charge in [-0.2, -0.15) is 0 Å². The lowest BCUT2D eigenvalue weighted by Gasteiger charge is -2.10. The molecule has 2 amide bonds. The highest BCUT2D eigenvalue weighted by Gasteiger charge is 2.06. The fourth-order valence-electron chi connectivity index (χ4n) is 2.12. The summed E-state index contributed by atoms with van der Waals surface area (Å²) in [5, 5.41) is 8.53. The summed E-state index contributed by atoms with van der Waals surface area (Å²) >= 11 is 0. The maximum absolute atomic E-state index is 12.0. The van der Waals surface area contributed by atoms with E-state index in [4.69, 9.17) is 4.74 Å². The van der Waals surface area contributed by atoms with Crippen molar-refractivity contribution in [2.75, 3.05) is 30.8 Å². The lowest BCUT2D eigenvalue weighted by atomic mass is 10.2. The molecule has 0 aliphatic carbocycles. The zero-order chi connectivity index (χ0) is 17.4. The fraction of sp³-hybridized carbons (Fsp3) is 0.222. The van der Waals surface area contributed by atoms with Crippen molar-refractivity contribution in [1.29, 1.82) is 0 Å². The van der Waals surface area contributed by atoms with Crippen LogP contribution in [0.3, 0.4) is 0 Å². The number of carbonyl (C=O) groups is 2. The van der Waals surface area contributed by atoms with Crippen LogP contribution in [-0.2, 0) is 4.79 Å². The summed E-state index contributed by atoms with van der Waals surface area (Å²) in [6.45, 7) is 2.53. The number of ether oxygens (including phenoxy) is 1. The number of benzene rings is 2. The number of hydrogen-bond donors (Lipinski definition) is 3. The Balaban J connectivity index is 1.91. The van der Waals surface area contributed by atoms with Crippen LogP contribution in [-0.4, -0.2) is 32.0 Å². The second-order valence-corrected chi connectivity index (χ2v) is 5.07. The summed E-state index contributed by atoms with van der Waals surface area (Å²) < 4.78 is 5.12. The van der Waals surface area contributed by atoms with Gasteiger partial charge in [0.05, 0.1) is 13.7 Å². The molecule has 0 aliphatic heterocycles. The van der Waals surface area contributed by atoms with E-state index in [0.29, 0.717) is 29.2 Å². The Hall–Kier alpha value is -3.02. The van der Waals surface area contributed by atoms with E-state index in [1.165, 1.54) is 0 Å². The van der Waals surface area contributed by atoms with Gasteiger partial charge in [-0.15, -0.1) is 0 Å². The number of rotatable bonds is 7. The van der Waals surface area contributed by atoms with Gasteiger partial charge in [-0.1, -0.05) is 12.1 Å². The average molecular weight is 327 g/mol. The Labute approximate surface area is 141 Å². The third kappa shape index (κ3) is 5.01. The monoisotopic (exact) mass is 327 g/mol. The van der Waals surface area contributed by atoms with Crippen molar-refractivity contribution in [2.24, 2.45) is 0 Å². The van der Waals surface area contributed by atoms with E-state index in [1.807, 2.05) is 13.0 Å². The molecule has 0 bridgehead atoms. The third-order valence-electron chi connectivity index (χ3n) is 3.27. The van der Waals surface area contributed by atoms with Crippen LogP contribution >= 0.6 is 0 Å². The largest absolute Gasteiger partial charge is 0.497 e. The van der Waals surface area contributed by atoms with Gasteiger partial charge in [0, 0.05) is 29.5 Å². The first-order valence-corrected chi connectivity index (χ1v) is 7.68.